The maximum atomic E-state index is 12.2. The zero-order valence-corrected chi connectivity index (χ0v) is 10.8. The van der Waals surface area contributed by atoms with Crippen LogP contribution in [0.4, 0.5) is 0 Å². The summed E-state index contributed by atoms with van der Waals surface area (Å²) in [4.78, 5) is 36.5. The van der Waals surface area contributed by atoms with Crippen LogP contribution in [-0.4, -0.2) is 48.8 Å². The Bertz CT molecular complexity index is 388. The van der Waals surface area contributed by atoms with Crippen LogP contribution in [0.3, 0.4) is 0 Å². The van der Waals surface area contributed by atoms with E-state index in [0.717, 1.165) is 17.9 Å². The molecule has 2 rings (SSSR count). The maximum Gasteiger partial charge on any atom is 0.251 e. The number of piperidine rings is 1. The summed E-state index contributed by atoms with van der Waals surface area (Å²) < 4.78 is 0. The van der Waals surface area contributed by atoms with Crippen LogP contribution in [0.25, 0.3) is 0 Å². The molecule has 2 atom stereocenters. The van der Waals surface area contributed by atoms with Crippen molar-refractivity contribution in [2.75, 3.05) is 20.1 Å². The van der Waals surface area contributed by atoms with Gasteiger partial charge in [0.05, 0.1) is 5.41 Å². The van der Waals surface area contributed by atoms with E-state index in [1.165, 1.54) is 7.05 Å². The molecule has 2 aliphatic heterocycles. The van der Waals surface area contributed by atoms with Crippen molar-refractivity contribution in [2.45, 2.75) is 32.2 Å². The smallest absolute Gasteiger partial charge is 0.251 e. The van der Waals surface area contributed by atoms with E-state index in [0.29, 0.717) is 19.4 Å². The Morgan fingerprint density at radius 1 is 1.50 bits per heavy atom. The van der Waals surface area contributed by atoms with Crippen LogP contribution in [0, 0.1) is 5.41 Å². The first kappa shape index (κ1) is 13.0. The Balaban J connectivity index is 1.99. The number of hydrogen-bond acceptors (Lipinski definition) is 4. The molecule has 2 N–H and O–H groups in total. The Labute approximate surface area is 106 Å². The minimum absolute atomic E-state index is 0.103. The lowest BCUT2D eigenvalue weighted by atomic mass is 9.88. The van der Waals surface area contributed by atoms with E-state index in [1.807, 2.05) is 6.92 Å². The highest BCUT2D eigenvalue weighted by Crippen LogP contribution is 2.25. The third-order valence-corrected chi connectivity index (χ3v) is 3.87. The number of carbonyl (C=O) groups is 3. The SMILES string of the molecule is CN1C(=O)CCC(NC(=O)C2(C)CCNC2)C1=O. The molecule has 2 heterocycles. The van der Waals surface area contributed by atoms with Crippen LogP contribution in [0.15, 0.2) is 0 Å². The number of likely N-dealkylation sites (N-methyl/N-ethyl adjacent to an activating group) is 1. The van der Waals surface area contributed by atoms with Crippen molar-refractivity contribution in [1.29, 1.82) is 0 Å². The standard InChI is InChI=1S/C12H19N3O3/c1-12(5-6-13-7-12)11(18)14-8-3-4-9(16)15(2)10(8)17/h8,13H,3-7H2,1-2H3,(H,14,18). The third-order valence-electron chi connectivity index (χ3n) is 3.87. The lowest BCUT2D eigenvalue weighted by Crippen LogP contribution is -2.55. The molecule has 3 amide bonds. The second-order valence-corrected chi connectivity index (χ2v) is 5.34. The quantitative estimate of drug-likeness (QED) is 0.635. The van der Waals surface area contributed by atoms with Gasteiger partial charge in [-0.2, -0.15) is 0 Å². The van der Waals surface area contributed by atoms with Gasteiger partial charge in [-0.3, -0.25) is 19.3 Å². The van der Waals surface area contributed by atoms with Gasteiger partial charge in [0.25, 0.3) is 5.91 Å². The number of carbonyl (C=O) groups excluding carboxylic acids is 3. The molecule has 2 unspecified atom stereocenters. The van der Waals surface area contributed by atoms with Gasteiger partial charge in [-0.1, -0.05) is 0 Å². The monoisotopic (exact) mass is 253 g/mol. The normalized spacial score (nSPS) is 32.8. The summed E-state index contributed by atoms with van der Waals surface area (Å²) in [5.41, 5.74) is -0.444. The lowest BCUT2D eigenvalue weighted by Gasteiger charge is -2.31. The predicted molar refractivity (Wildman–Crippen MR) is 64.5 cm³/mol. The van der Waals surface area contributed by atoms with Gasteiger partial charge in [0.2, 0.25) is 11.8 Å². The van der Waals surface area contributed by atoms with Gasteiger partial charge < -0.3 is 10.6 Å². The van der Waals surface area contributed by atoms with Crippen molar-refractivity contribution in [3.63, 3.8) is 0 Å². The van der Waals surface area contributed by atoms with Crippen molar-refractivity contribution < 1.29 is 14.4 Å². The van der Waals surface area contributed by atoms with Crippen molar-refractivity contribution in [1.82, 2.24) is 15.5 Å². The zero-order chi connectivity index (χ0) is 13.3. The van der Waals surface area contributed by atoms with Crippen LogP contribution in [0.2, 0.25) is 0 Å². The summed E-state index contributed by atoms with van der Waals surface area (Å²) in [6.45, 7) is 3.35. The topological polar surface area (TPSA) is 78.5 Å². The minimum atomic E-state index is -0.558. The van der Waals surface area contributed by atoms with Gasteiger partial charge in [-0.25, -0.2) is 0 Å². The first-order valence-electron chi connectivity index (χ1n) is 6.26. The molecular formula is C12H19N3O3. The molecule has 0 bridgehead atoms. The molecule has 2 aliphatic rings. The molecule has 0 aromatic rings. The van der Waals surface area contributed by atoms with Crippen LogP contribution in [0.5, 0.6) is 0 Å². The fourth-order valence-electron chi connectivity index (χ4n) is 2.39. The molecule has 6 nitrogen and oxygen atoms in total. The van der Waals surface area contributed by atoms with Crippen molar-refractivity contribution in [2.24, 2.45) is 5.41 Å². The number of rotatable bonds is 2. The van der Waals surface area contributed by atoms with Crippen LogP contribution >= 0.6 is 0 Å². The Morgan fingerprint density at radius 3 is 2.83 bits per heavy atom. The van der Waals surface area contributed by atoms with Gasteiger partial charge in [-0.15, -0.1) is 0 Å². The van der Waals surface area contributed by atoms with Crippen molar-refractivity contribution >= 4 is 17.7 Å². The number of nitrogens with one attached hydrogen (secondary N) is 2. The summed E-state index contributed by atoms with van der Waals surface area (Å²) in [6.07, 6.45) is 1.48. The summed E-state index contributed by atoms with van der Waals surface area (Å²) in [5, 5.41) is 5.93. The molecule has 2 fully saturated rings. The minimum Gasteiger partial charge on any atom is -0.344 e. The highest BCUT2D eigenvalue weighted by Gasteiger charge is 2.40. The Kier molecular flexibility index (Phi) is 3.38. The summed E-state index contributed by atoms with van der Waals surface area (Å²) in [7, 11) is 1.46. The summed E-state index contributed by atoms with van der Waals surface area (Å²) in [5.74, 6) is -0.595. The molecular weight excluding hydrogens is 234 g/mol. The molecule has 6 heteroatoms. The average molecular weight is 253 g/mol. The molecule has 0 spiro atoms. The van der Waals surface area contributed by atoms with Gasteiger partial charge >= 0.3 is 0 Å². The molecule has 2 saturated heterocycles. The number of amides is 3. The molecule has 100 valence electrons. The summed E-state index contributed by atoms with van der Waals surface area (Å²) in [6, 6.07) is -0.558. The molecule has 0 radical (unpaired) electrons. The van der Waals surface area contributed by atoms with Crippen LogP contribution < -0.4 is 10.6 Å². The predicted octanol–water partition coefficient (Wildman–Crippen LogP) is -0.750. The first-order valence-corrected chi connectivity index (χ1v) is 6.26. The average Bonchev–Trinajstić information content (AvgIpc) is 2.78. The van der Waals surface area contributed by atoms with E-state index in [-0.39, 0.29) is 17.7 Å². The highest BCUT2D eigenvalue weighted by molar-refractivity contribution is 6.01. The van der Waals surface area contributed by atoms with Crippen LogP contribution in [-0.2, 0) is 14.4 Å². The number of imide groups is 1. The Hall–Kier alpha value is -1.43. The van der Waals surface area contributed by atoms with Gasteiger partial charge in [-0.05, 0) is 26.3 Å². The van der Waals surface area contributed by atoms with Gasteiger partial charge in [0.15, 0.2) is 0 Å². The molecule has 0 aliphatic carbocycles. The second-order valence-electron chi connectivity index (χ2n) is 5.34. The maximum absolute atomic E-state index is 12.2. The summed E-state index contributed by atoms with van der Waals surface area (Å²) >= 11 is 0. The van der Waals surface area contributed by atoms with Crippen molar-refractivity contribution in [3.8, 4) is 0 Å². The fraction of sp³-hybridized carbons (Fsp3) is 0.750. The number of hydrogen-bond donors (Lipinski definition) is 2. The number of nitrogens with zero attached hydrogens (tertiary/aromatic N) is 1. The second kappa shape index (κ2) is 4.68. The largest absolute Gasteiger partial charge is 0.344 e. The van der Waals surface area contributed by atoms with Gasteiger partial charge in [0.1, 0.15) is 6.04 Å². The van der Waals surface area contributed by atoms with E-state index in [4.69, 9.17) is 0 Å². The van der Waals surface area contributed by atoms with E-state index < -0.39 is 11.5 Å². The lowest BCUT2D eigenvalue weighted by molar-refractivity contribution is -0.150. The third kappa shape index (κ3) is 2.25. The highest BCUT2D eigenvalue weighted by atomic mass is 16.2. The van der Waals surface area contributed by atoms with Gasteiger partial charge in [0, 0.05) is 20.0 Å². The fourth-order valence-corrected chi connectivity index (χ4v) is 2.39. The molecule has 0 aromatic heterocycles. The van der Waals surface area contributed by atoms with E-state index in [1.54, 1.807) is 0 Å². The zero-order valence-electron chi connectivity index (χ0n) is 10.8. The van der Waals surface area contributed by atoms with Crippen molar-refractivity contribution in [3.05, 3.63) is 0 Å². The van der Waals surface area contributed by atoms with E-state index in [9.17, 15) is 14.4 Å². The molecule has 0 saturated carbocycles. The Morgan fingerprint density at radius 2 is 2.22 bits per heavy atom. The van der Waals surface area contributed by atoms with E-state index >= 15 is 0 Å². The van der Waals surface area contributed by atoms with Crippen LogP contribution in [0.1, 0.15) is 26.2 Å². The molecule has 18 heavy (non-hydrogen) atoms. The number of likely N-dealkylation sites (tertiary alicyclic amines) is 1. The first-order chi connectivity index (χ1) is 8.44. The van der Waals surface area contributed by atoms with E-state index in [2.05, 4.69) is 10.6 Å². The molecule has 0 aromatic carbocycles.